The fourth-order valence-electron chi connectivity index (χ4n) is 1.67. The van der Waals surface area contributed by atoms with Crippen molar-refractivity contribution in [1.82, 2.24) is 0 Å². The summed E-state index contributed by atoms with van der Waals surface area (Å²) in [5.74, 6) is 1.56. The molecular weight excluding hydrogens is 156 g/mol. The standard InChI is InChI=1S/C13H26/c1-6-9-10-13(11(4)7-2)12(5)8-3/h10-12H,6-9H2,1-5H3. The molecule has 0 bridgehead atoms. The Bertz CT molecular complexity index is 132. The third kappa shape index (κ3) is 4.50. The molecule has 0 aromatic heterocycles. The van der Waals surface area contributed by atoms with E-state index in [0.717, 1.165) is 11.8 Å². The van der Waals surface area contributed by atoms with E-state index in [0.29, 0.717) is 0 Å². The summed E-state index contributed by atoms with van der Waals surface area (Å²) in [4.78, 5) is 0. The van der Waals surface area contributed by atoms with Gasteiger partial charge in [-0.05, 0) is 31.1 Å². The van der Waals surface area contributed by atoms with E-state index in [2.05, 4.69) is 40.7 Å². The maximum absolute atomic E-state index is 2.47. The molecule has 0 saturated carbocycles. The number of allylic oxidation sites excluding steroid dienone is 2. The summed E-state index contributed by atoms with van der Waals surface area (Å²) in [7, 11) is 0. The zero-order valence-corrected chi connectivity index (χ0v) is 10.1. The molecule has 2 atom stereocenters. The van der Waals surface area contributed by atoms with Crippen molar-refractivity contribution < 1.29 is 0 Å². The van der Waals surface area contributed by atoms with Crippen molar-refractivity contribution in [2.75, 3.05) is 0 Å². The van der Waals surface area contributed by atoms with Crippen LogP contribution in [0.4, 0.5) is 0 Å². The van der Waals surface area contributed by atoms with Gasteiger partial charge in [-0.25, -0.2) is 0 Å². The number of unbranched alkanes of at least 4 members (excludes halogenated alkanes) is 1. The van der Waals surface area contributed by atoms with Crippen molar-refractivity contribution in [3.8, 4) is 0 Å². The van der Waals surface area contributed by atoms with Crippen LogP contribution in [0.5, 0.6) is 0 Å². The molecule has 0 aliphatic carbocycles. The van der Waals surface area contributed by atoms with Gasteiger partial charge < -0.3 is 0 Å². The van der Waals surface area contributed by atoms with Gasteiger partial charge in [-0.3, -0.25) is 0 Å². The summed E-state index contributed by atoms with van der Waals surface area (Å²) in [6.07, 6.45) is 7.56. The highest BCUT2D eigenvalue weighted by Gasteiger charge is 2.11. The topological polar surface area (TPSA) is 0 Å². The smallest absolute Gasteiger partial charge is 0.0232 e. The Morgan fingerprint density at radius 3 is 1.77 bits per heavy atom. The van der Waals surface area contributed by atoms with E-state index in [4.69, 9.17) is 0 Å². The lowest BCUT2D eigenvalue weighted by atomic mass is 9.86. The van der Waals surface area contributed by atoms with Crippen molar-refractivity contribution in [2.24, 2.45) is 11.8 Å². The van der Waals surface area contributed by atoms with Gasteiger partial charge in [-0.15, -0.1) is 0 Å². The summed E-state index contributed by atoms with van der Waals surface area (Å²) in [6, 6.07) is 0. The van der Waals surface area contributed by atoms with Gasteiger partial charge in [-0.1, -0.05) is 52.7 Å². The number of rotatable bonds is 6. The molecule has 0 aliphatic heterocycles. The van der Waals surface area contributed by atoms with Crippen LogP contribution in [0.25, 0.3) is 0 Å². The van der Waals surface area contributed by atoms with Gasteiger partial charge in [0.2, 0.25) is 0 Å². The van der Waals surface area contributed by atoms with E-state index in [1.54, 1.807) is 5.57 Å². The van der Waals surface area contributed by atoms with E-state index < -0.39 is 0 Å². The molecule has 2 unspecified atom stereocenters. The lowest BCUT2D eigenvalue weighted by Gasteiger charge is -2.20. The molecule has 0 aromatic rings. The van der Waals surface area contributed by atoms with Crippen LogP contribution >= 0.6 is 0 Å². The predicted molar refractivity (Wildman–Crippen MR) is 61.9 cm³/mol. The zero-order valence-electron chi connectivity index (χ0n) is 10.1. The van der Waals surface area contributed by atoms with Crippen LogP contribution in [0.3, 0.4) is 0 Å². The largest absolute Gasteiger partial charge is 0.0848 e. The maximum atomic E-state index is 2.47. The van der Waals surface area contributed by atoms with Crippen molar-refractivity contribution in [3.05, 3.63) is 11.6 Å². The molecule has 0 aliphatic rings. The van der Waals surface area contributed by atoms with Gasteiger partial charge in [0, 0.05) is 0 Å². The third-order valence-corrected chi connectivity index (χ3v) is 3.03. The monoisotopic (exact) mass is 182 g/mol. The number of hydrogen-bond acceptors (Lipinski definition) is 0. The molecule has 0 heterocycles. The minimum Gasteiger partial charge on any atom is -0.0848 e. The van der Waals surface area contributed by atoms with Gasteiger partial charge in [0.1, 0.15) is 0 Å². The second kappa shape index (κ2) is 7.17. The molecule has 78 valence electrons. The number of hydrogen-bond donors (Lipinski definition) is 0. The second-order valence-corrected chi connectivity index (χ2v) is 4.11. The summed E-state index contributed by atoms with van der Waals surface area (Å²) >= 11 is 0. The molecule has 0 heteroatoms. The third-order valence-electron chi connectivity index (χ3n) is 3.03. The Morgan fingerprint density at radius 2 is 1.46 bits per heavy atom. The molecule has 0 nitrogen and oxygen atoms in total. The summed E-state index contributed by atoms with van der Waals surface area (Å²) in [5, 5.41) is 0. The minimum atomic E-state index is 0.779. The van der Waals surface area contributed by atoms with Crippen LogP contribution in [-0.4, -0.2) is 0 Å². The molecule has 0 N–H and O–H groups in total. The Balaban J connectivity index is 4.34. The lowest BCUT2D eigenvalue weighted by Crippen LogP contribution is -2.07. The molecule has 0 rings (SSSR count). The zero-order chi connectivity index (χ0) is 10.3. The highest BCUT2D eigenvalue weighted by atomic mass is 14.2. The van der Waals surface area contributed by atoms with Crippen LogP contribution in [0, 0.1) is 11.8 Å². The second-order valence-electron chi connectivity index (χ2n) is 4.11. The fourth-order valence-corrected chi connectivity index (χ4v) is 1.67. The first kappa shape index (κ1) is 12.7. The van der Waals surface area contributed by atoms with Crippen LogP contribution in [0.2, 0.25) is 0 Å². The van der Waals surface area contributed by atoms with E-state index in [-0.39, 0.29) is 0 Å². The molecule has 13 heavy (non-hydrogen) atoms. The van der Waals surface area contributed by atoms with Gasteiger partial charge in [0.15, 0.2) is 0 Å². The quantitative estimate of drug-likeness (QED) is 0.517. The van der Waals surface area contributed by atoms with E-state index in [9.17, 15) is 0 Å². The van der Waals surface area contributed by atoms with Crippen LogP contribution in [-0.2, 0) is 0 Å². The van der Waals surface area contributed by atoms with E-state index in [1.165, 1.54) is 25.7 Å². The average Bonchev–Trinajstić information content (AvgIpc) is 2.17. The Labute approximate surface area is 84.4 Å². The molecular formula is C13H26. The van der Waals surface area contributed by atoms with Crippen molar-refractivity contribution in [1.29, 1.82) is 0 Å². The average molecular weight is 182 g/mol. The summed E-state index contributed by atoms with van der Waals surface area (Å²) in [5.41, 5.74) is 1.69. The van der Waals surface area contributed by atoms with Crippen molar-refractivity contribution >= 4 is 0 Å². The van der Waals surface area contributed by atoms with Crippen LogP contribution in [0.1, 0.15) is 60.3 Å². The maximum Gasteiger partial charge on any atom is -0.0232 e. The molecule has 0 fully saturated rings. The first-order chi connectivity index (χ1) is 6.17. The van der Waals surface area contributed by atoms with E-state index in [1.807, 2.05) is 0 Å². The Hall–Kier alpha value is -0.260. The fraction of sp³-hybridized carbons (Fsp3) is 0.846. The molecule has 0 saturated heterocycles. The highest BCUT2D eigenvalue weighted by molar-refractivity contribution is 5.08. The van der Waals surface area contributed by atoms with Gasteiger partial charge in [0.25, 0.3) is 0 Å². The Morgan fingerprint density at radius 1 is 1.00 bits per heavy atom. The molecule has 0 spiro atoms. The minimum absolute atomic E-state index is 0.779. The van der Waals surface area contributed by atoms with Gasteiger partial charge in [-0.2, -0.15) is 0 Å². The van der Waals surface area contributed by atoms with E-state index >= 15 is 0 Å². The van der Waals surface area contributed by atoms with Crippen molar-refractivity contribution in [3.63, 3.8) is 0 Å². The Kier molecular flexibility index (Phi) is 7.03. The first-order valence-electron chi connectivity index (χ1n) is 5.87. The first-order valence-corrected chi connectivity index (χ1v) is 5.87. The van der Waals surface area contributed by atoms with Gasteiger partial charge in [0.05, 0.1) is 0 Å². The van der Waals surface area contributed by atoms with Crippen LogP contribution in [0.15, 0.2) is 11.6 Å². The molecule has 0 amide bonds. The molecule has 0 radical (unpaired) electrons. The summed E-state index contributed by atoms with van der Waals surface area (Å²) < 4.78 is 0. The normalized spacial score (nSPS) is 15.2. The van der Waals surface area contributed by atoms with Crippen LogP contribution < -0.4 is 0 Å². The SMILES string of the molecule is CCCC=C(C(C)CC)C(C)CC. The molecule has 0 aromatic carbocycles. The summed E-state index contributed by atoms with van der Waals surface area (Å²) in [6.45, 7) is 11.5. The predicted octanol–water partition coefficient (Wildman–Crippen LogP) is 4.81. The van der Waals surface area contributed by atoms with Crippen molar-refractivity contribution in [2.45, 2.75) is 60.3 Å². The van der Waals surface area contributed by atoms with Gasteiger partial charge >= 0.3 is 0 Å². The highest BCUT2D eigenvalue weighted by Crippen LogP contribution is 2.25. The lowest BCUT2D eigenvalue weighted by molar-refractivity contribution is 0.526.